The van der Waals surface area contributed by atoms with Gasteiger partial charge in [-0.15, -0.1) is 0 Å². The third-order valence-corrected chi connectivity index (χ3v) is 5.83. The van der Waals surface area contributed by atoms with Crippen LogP contribution >= 0.6 is 23.2 Å². The molecule has 1 amide bonds. The molecule has 150 valence electrons. The second kappa shape index (κ2) is 7.00. The van der Waals surface area contributed by atoms with E-state index < -0.39 is 23.2 Å². The van der Waals surface area contributed by atoms with Crippen LogP contribution in [0.4, 0.5) is 4.39 Å². The summed E-state index contributed by atoms with van der Waals surface area (Å²) < 4.78 is 24.9. The topological polar surface area (TPSA) is 63.7 Å². The highest BCUT2D eigenvalue weighted by atomic mass is 35.5. The molecule has 0 unspecified atom stereocenters. The second-order valence-electron chi connectivity index (χ2n) is 6.90. The number of carbonyl (C=O) groups excluding carboxylic acids is 1. The Labute approximate surface area is 179 Å². The largest absolute Gasteiger partial charge is 0.467 e. The first kappa shape index (κ1) is 18.9. The van der Waals surface area contributed by atoms with Crippen LogP contribution in [0.2, 0.25) is 10.0 Å². The number of benzene rings is 2. The third-order valence-electron chi connectivity index (χ3n) is 5.09. The summed E-state index contributed by atoms with van der Waals surface area (Å²) in [6, 6.07) is 11.1. The van der Waals surface area contributed by atoms with Crippen molar-refractivity contribution in [2.24, 2.45) is 0 Å². The molecule has 1 aliphatic rings. The van der Waals surface area contributed by atoms with Crippen molar-refractivity contribution in [1.82, 2.24) is 4.90 Å². The van der Waals surface area contributed by atoms with Gasteiger partial charge in [0.15, 0.2) is 5.43 Å². The number of rotatable bonds is 3. The van der Waals surface area contributed by atoms with E-state index in [9.17, 15) is 14.0 Å². The van der Waals surface area contributed by atoms with Gasteiger partial charge in [0.25, 0.3) is 5.91 Å². The quantitative estimate of drug-likeness (QED) is 0.414. The van der Waals surface area contributed by atoms with Crippen LogP contribution in [0, 0.1) is 5.82 Å². The summed E-state index contributed by atoms with van der Waals surface area (Å²) in [5, 5.41) is 0.686. The van der Waals surface area contributed by atoms with Gasteiger partial charge in [-0.2, -0.15) is 0 Å². The lowest BCUT2D eigenvalue weighted by Crippen LogP contribution is -2.29. The minimum absolute atomic E-state index is 0.0615. The maximum atomic E-state index is 13.8. The van der Waals surface area contributed by atoms with E-state index >= 15 is 0 Å². The Bertz CT molecular complexity index is 1360. The number of hydrogen-bond acceptors (Lipinski definition) is 4. The Morgan fingerprint density at radius 3 is 2.60 bits per heavy atom. The minimum atomic E-state index is -0.795. The van der Waals surface area contributed by atoms with Crippen molar-refractivity contribution in [1.29, 1.82) is 0 Å². The van der Waals surface area contributed by atoms with Gasteiger partial charge in [-0.25, -0.2) is 4.39 Å². The average molecular weight is 444 g/mol. The van der Waals surface area contributed by atoms with Crippen LogP contribution in [0.5, 0.6) is 0 Å². The van der Waals surface area contributed by atoms with E-state index in [1.54, 1.807) is 30.3 Å². The van der Waals surface area contributed by atoms with E-state index in [1.165, 1.54) is 23.3 Å². The highest BCUT2D eigenvalue weighted by molar-refractivity contribution is 6.42. The number of nitrogens with zero attached hydrogens (tertiary/aromatic N) is 1. The van der Waals surface area contributed by atoms with Gasteiger partial charge in [0, 0.05) is 0 Å². The van der Waals surface area contributed by atoms with Gasteiger partial charge < -0.3 is 13.7 Å². The molecule has 0 aliphatic carbocycles. The average Bonchev–Trinajstić information content (AvgIpc) is 3.33. The lowest BCUT2D eigenvalue weighted by molar-refractivity contribution is 0.0701. The van der Waals surface area contributed by atoms with Crippen molar-refractivity contribution in [3.8, 4) is 0 Å². The molecule has 5 rings (SSSR count). The first-order valence-electron chi connectivity index (χ1n) is 8.98. The molecule has 4 aromatic rings. The summed E-state index contributed by atoms with van der Waals surface area (Å²) in [6.07, 6.45) is 1.50. The van der Waals surface area contributed by atoms with Crippen molar-refractivity contribution >= 4 is 40.1 Å². The standard InChI is InChI=1S/C22H12Cl2FNO4/c23-15-5-3-11(8-16(15)24)19-18-20(27)14-9-12(25)4-6-17(14)30-21(18)22(28)26(19)10-13-2-1-7-29-13/h1-9,19H,10H2/t19-/m0/s1. The molecule has 0 saturated carbocycles. The molecule has 0 fully saturated rings. The fraction of sp³-hybridized carbons (Fsp3) is 0.0909. The molecule has 0 spiro atoms. The predicted molar refractivity (Wildman–Crippen MR) is 109 cm³/mol. The lowest BCUT2D eigenvalue weighted by atomic mass is 9.98. The number of fused-ring (bicyclic) bond motifs is 2. The Morgan fingerprint density at radius 2 is 1.87 bits per heavy atom. The van der Waals surface area contributed by atoms with Crippen LogP contribution < -0.4 is 5.43 Å². The van der Waals surface area contributed by atoms with E-state index in [1.807, 2.05) is 0 Å². The molecule has 5 nitrogen and oxygen atoms in total. The molecule has 0 bridgehead atoms. The molecular formula is C22H12Cl2FNO4. The zero-order valence-electron chi connectivity index (χ0n) is 15.2. The summed E-state index contributed by atoms with van der Waals surface area (Å²) >= 11 is 12.2. The molecule has 1 aliphatic heterocycles. The van der Waals surface area contributed by atoms with Crippen LogP contribution in [0.1, 0.15) is 33.5 Å². The Morgan fingerprint density at radius 1 is 1.03 bits per heavy atom. The maximum Gasteiger partial charge on any atom is 0.291 e. The molecule has 0 N–H and O–H groups in total. The normalized spacial score (nSPS) is 15.8. The summed E-state index contributed by atoms with van der Waals surface area (Å²) in [5.74, 6) is -0.593. The predicted octanol–water partition coefficient (Wildman–Crippen LogP) is 5.58. The number of amides is 1. The lowest BCUT2D eigenvalue weighted by Gasteiger charge is -2.24. The van der Waals surface area contributed by atoms with Gasteiger partial charge >= 0.3 is 0 Å². The molecule has 3 heterocycles. The summed E-state index contributed by atoms with van der Waals surface area (Å²) in [6.45, 7) is 0.102. The molecule has 0 radical (unpaired) electrons. The van der Waals surface area contributed by atoms with Gasteiger partial charge in [-0.1, -0.05) is 29.3 Å². The van der Waals surface area contributed by atoms with Crippen LogP contribution in [-0.4, -0.2) is 10.8 Å². The third kappa shape index (κ3) is 2.91. The first-order chi connectivity index (χ1) is 14.4. The van der Waals surface area contributed by atoms with Crippen LogP contribution in [0.3, 0.4) is 0 Å². The molecule has 30 heavy (non-hydrogen) atoms. The highest BCUT2D eigenvalue weighted by Gasteiger charge is 2.43. The molecule has 2 aromatic carbocycles. The summed E-state index contributed by atoms with van der Waals surface area (Å²) in [5.41, 5.74) is 0.368. The maximum absolute atomic E-state index is 13.8. The zero-order chi connectivity index (χ0) is 21.0. The van der Waals surface area contributed by atoms with Crippen molar-refractivity contribution in [2.45, 2.75) is 12.6 Å². The summed E-state index contributed by atoms with van der Waals surface area (Å²) in [7, 11) is 0. The molecule has 0 saturated heterocycles. The van der Waals surface area contributed by atoms with E-state index in [-0.39, 0.29) is 33.9 Å². The first-order valence-corrected chi connectivity index (χ1v) is 9.74. The molecule has 1 atom stereocenters. The van der Waals surface area contributed by atoms with Gasteiger partial charge in [-0.05, 0) is 48.0 Å². The van der Waals surface area contributed by atoms with Crippen molar-refractivity contribution in [2.75, 3.05) is 0 Å². The smallest absolute Gasteiger partial charge is 0.291 e. The monoisotopic (exact) mass is 443 g/mol. The van der Waals surface area contributed by atoms with Crippen molar-refractivity contribution < 1.29 is 18.0 Å². The van der Waals surface area contributed by atoms with Crippen LogP contribution in [0.25, 0.3) is 11.0 Å². The van der Waals surface area contributed by atoms with E-state index in [4.69, 9.17) is 32.0 Å². The molecule has 8 heteroatoms. The van der Waals surface area contributed by atoms with Crippen molar-refractivity contribution in [3.05, 3.63) is 104 Å². The molecule has 2 aromatic heterocycles. The summed E-state index contributed by atoms with van der Waals surface area (Å²) in [4.78, 5) is 28.0. The van der Waals surface area contributed by atoms with Gasteiger partial charge in [0.2, 0.25) is 5.76 Å². The van der Waals surface area contributed by atoms with Gasteiger partial charge in [0.05, 0.1) is 39.8 Å². The minimum Gasteiger partial charge on any atom is -0.467 e. The fourth-order valence-electron chi connectivity index (χ4n) is 3.76. The Kier molecular flexibility index (Phi) is 4.41. The second-order valence-corrected chi connectivity index (χ2v) is 7.72. The SMILES string of the molecule is O=C1c2oc3ccc(F)cc3c(=O)c2[C@H](c2ccc(Cl)c(Cl)c2)N1Cc1ccco1. The van der Waals surface area contributed by atoms with Gasteiger partial charge in [-0.3, -0.25) is 9.59 Å². The van der Waals surface area contributed by atoms with Crippen LogP contribution in [0.15, 0.2) is 68.4 Å². The highest BCUT2D eigenvalue weighted by Crippen LogP contribution is 2.40. The Balaban J connectivity index is 1.77. The number of halogens is 3. The number of hydrogen-bond donors (Lipinski definition) is 0. The number of furan rings is 1. The van der Waals surface area contributed by atoms with Gasteiger partial charge in [0.1, 0.15) is 17.2 Å². The van der Waals surface area contributed by atoms with E-state index in [2.05, 4.69) is 0 Å². The van der Waals surface area contributed by atoms with Crippen LogP contribution in [-0.2, 0) is 6.54 Å². The van der Waals surface area contributed by atoms with E-state index in [0.717, 1.165) is 6.07 Å². The molecular weight excluding hydrogens is 432 g/mol. The van der Waals surface area contributed by atoms with Crippen molar-refractivity contribution in [3.63, 3.8) is 0 Å². The zero-order valence-corrected chi connectivity index (χ0v) is 16.7. The Hall–Kier alpha value is -3.09. The van der Waals surface area contributed by atoms with E-state index in [0.29, 0.717) is 16.3 Å². The number of carbonyl (C=O) groups is 1. The fourth-order valence-corrected chi connectivity index (χ4v) is 4.06.